The highest BCUT2D eigenvalue weighted by molar-refractivity contribution is 6.00. The lowest BCUT2D eigenvalue weighted by molar-refractivity contribution is -0.134. The normalized spacial score (nSPS) is 16.0. The smallest absolute Gasteiger partial charge is 0.352 e. The fourth-order valence-electron chi connectivity index (χ4n) is 16.1. The SMILES string of the molecule is CC[C@@](O)(Cn1nncc1CCCCc1ccc(=O)[nH]c1)c1ccc(F)c(OCC2CC2)c1.CC[C@@](O)(Cn1nncc1CCCCc1ccc(=O)[nH]c1C(=O)O)c1ccc(F)c(OCC2CC2)c1.CC[C@@](O)(Cn1nncc1CCCCc1ccc[nH]c1=O)c1ccc(F)c(OCC2CC2)c1.CC[C@@](O)(Cn1nncc1CCCNC1CCC(=O)NC1=O)c1ccc2c(F)ccnc2c1. The summed E-state index contributed by atoms with van der Waals surface area (Å²) in [6.45, 7) is 10.4. The third-order valence-electron chi connectivity index (χ3n) is 25.5. The van der Waals surface area contributed by atoms with E-state index in [-0.39, 0.29) is 83.9 Å². The maximum absolute atomic E-state index is 14.3. The van der Waals surface area contributed by atoms with Gasteiger partial charge in [-0.25, -0.2) is 41.1 Å². The molecule has 8 aromatic heterocycles. The second kappa shape index (κ2) is 46.9. The van der Waals surface area contributed by atoms with Gasteiger partial charge in [0.25, 0.3) is 5.56 Å². The molecular weight excluding hydrogens is 1740 g/mol. The number of carbonyl (C=O) groups is 3. The van der Waals surface area contributed by atoms with E-state index in [9.17, 15) is 71.9 Å². The summed E-state index contributed by atoms with van der Waals surface area (Å²) in [5, 5.41) is 93.7. The third-order valence-corrected chi connectivity index (χ3v) is 25.5. The molecule has 0 bridgehead atoms. The van der Waals surface area contributed by atoms with Gasteiger partial charge in [0, 0.05) is 48.1 Å². The van der Waals surface area contributed by atoms with Crippen molar-refractivity contribution in [3.05, 3.63) is 280 Å². The molecule has 10 N–H and O–H groups in total. The number of pyridine rings is 4. The topological polar surface area (TPSA) is 438 Å². The molecule has 32 nitrogen and oxygen atoms in total. The molecule has 1 aliphatic heterocycles. The zero-order valence-corrected chi connectivity index (χ0v) is 76.6. The van der Waals surface area contributed by atoms with Crippen molar-refractivity contribution in [2.45, 2.75) is 249 Å². The molecular formula is C99H120F4N18O14. The number of carbonyl (C=O) groups excluding carboxylic acids is 2. The minimum atomic E-state index is -1.29. The van der Waals surface area contributed by atoms with E-state index in [0.29, 0.717) is 153 Å². The van der Waals surface area contributed by atoms with E-state index in [1.807, 2.05) is 45.9 Å². The molecule has 0 spiro atoms. The standard InChI is InChI=1S/C26H31FN4O5.2C25H31FN4O3.C23H27FN6O3/c1-2-26(35,19-10-11-21(27)22(13-19)36-15-17-7-8-17)16-31-20(14-28-30-31)6-4-3-5-18-9-12-23(32)29-24(18)25(33)34;1-2-25(32,20-11-12-22(26)23(14-20)33-16-18-9-10-18)17-30-21(15-28-29-30)8-4-3-6-19-7-5-13-27-24(19)31;1-2-25(32,20-10-11-22(26)23(13-20)33-16-19-7-8-19)17-30-21(15-28-29-30)6-4-3-5-18-9-12-24(31)27-14-18;1-2-23(33,15-5-6-17-18(24)9-11-26-20(17)12-15)14-30-16(13-27-29-30)4-3-10-25-19-7-8-21(31)28-22(19)32/h9-14,17,35H,2-8,15-16H2,1H3,(H,29,32)(H,33,34);5,7,11-15,18,32H,2-4,6,8-10,16-17H2,1H3,(H,27,31);9-15,19,32H,2-8,16-17H2,1H3,(H,27,31);5-6,9,11-13,19,25,33H,2-4,7-8,10,14H2,1H3,(H,28,31,32)/t26-;2*25-;19?,23-/m1111/s1. The lowest BCUT2D eigenvalue weighted by Crippen LogP contribution is -2.50. The van der Waals surface area contributed by atoms with Crippen LogP contribution in [0.4, 0.5) is 17.6 Å². The van der Waals surface area contributed by atoms with Crippen LogP contribution in [0.1, 0.15) is 222 Å². The number of halogens is 4. The third kappa shape index (κ3) is 28.0. The molecule has 9 heterocycles. The van der Waals surface area contributed by atoms with E-state index in [0.717, 1.165) is 130 Å². The lowest BCUT2D eigenvalue weighted by Gasteiger charge is -2.28. The number of hydrogen-bond donors (Lipinski definition) is 10. The minimum Gasteiger partial charge on any atom is -0.490 e. The molecule has 4 fully saturated rings. The number of fused-ring (bicyclic) bond motifs is 1. The molecule has 5 atom stereocenters. The number of H-pyrrole nitrogens is 3. The maximum Gasteiger partial charge on any atom is 0.352 e. The van der Waals surface area contributed by atoms with E-state index < -0.39 is 51.4 Å². The van der Waals surface area contributed by atoms with Crippen LogP contribution in [-0.2, 0) is 103 Å². The summed E-state index contributed by atoms with van der Waals surface area (Å²) in [5.74, 6) is -1.29. The fourth-order valence-corrected chi connectivity index (χ4v) is 16.1. The van der Waals surface area contributed by atoms with Crippen LogP contribution in [0.25, 0.3) is 10.9 Å². The summed E-state index contributed by atoms with van der Waals surface area (Å²) in [5.41, 5.74) is 3.23. The van der Waals surface area contributed by atoms with Crippen molar-refractivity contribution in [3.8, 4) is 17.2 Å². The van der Waals surface area contributed by atoms with Crippen LogP contribution in [0.15, 0.2) is 173 Å². The van der Waals surface area contributed by atoms with Crippen LogP contribution >= 0.6 is 0 Å². The predicted molar refractivity (Wildman–Crippen MR) is 493 cm³/mol. The Labute approximate surface area is 778 Å². The van der Waals surface area contributed by atoms with Gasteiger partial charge in [-0.3, -0.25) is 34.3 Å². The number of unbranched alkanes of at least 4 members (excludes halogenated alkanes) is 3. The molecule has 2 amide bonds. The number of piperidine rings is 1. The molecule has 1 saturated heterocycles. The van der Waals surface area contributed by atoms with Gasteiger partial charge in [-0.1, -0.05) is 91.0 Å². The molecule has 36 heteroatoms. The van der Waals surface area contributed by atoms with Gasteiger partial charge in [-0.2, -0.15) is 0 Å². The van der Waals surface area contributed by atoms with Gasteiger partial charge < -0.3 is 60.0 Å². The fraction of sp³-hybridized carbons (Fsp3) is 0.465. The number of amides is 2. The van der Waals surface area contributed by atoms with Gasteiger partial charge in [-0.05, 0) is 279 Å². The van der Waals surface area contributed by atoms with Gasteiger partial charge >= 0.3 is 5.97 Å². The number of aromatic nitrogens is 16. The van der Waals surface area contributed by atoms with E-state index in [1.54, 1.807) is 117 Å². The number of carboxylic acid groups (broad SMARTS) is 1. The summed E-state index contributed by atoms with van der Waals surface area (Å²) in [6, 6.07) is 29.6. The Hall–Kier alpha value is -12.8. The maximum atomic E-state index is 14.3. The van der Waals surface area contributed by atoms with Gasteiger partial charge in [0.1, 0.15) is 33.9 Å². The highest BCUT2D eigenvalue weighted by Crippen LogP contribution is 2.39. The molecule has 718 valence electrons. The second-order valence-electron chi connectivity index (χ2n) is 35.6. The Kier molecular flexibility index (Phi) is 34.7. The van der Waals surface area contributed by atoms with Crippen LogP contribution in [0, 0.1) is 41.0 Å². The Morgan fingerprint density at radius 2 is 0.889 bits per heavy atom. The quantitative estimate of drug-likeness (QED) is 0.00962. The number of rotatable bonds is 46. The van der Waals surface area contributed by atoms with E-state index in [2.05, 4.69) is 71.8 Å². The first-order valence-electron chi connectivity index (χ1n) is 46.7. The predicted octanol–water partition coefficient (Wildman–Crippen LogP) is 12.6. The number of nitrogens with one attached hydrogen (secondary N) is 5. The highest BCUT2D eigenvalue weighted by atomic mass is 19.1. The average molecular weight is 1860 g/mol. The summed E-state index contributed by atoms with van der Waals surface area (Å²) in [7, 11) is 0. The number of aliphatic hydroxyl groups is 4. The number of aryl methyl sites for hydroxylation is 7. The van der Waals surface area contributed by atoms with E-state index in [4.69, 9.17) is 14.2 Å². The van der Waals surface area contributed by atoms with Gasteiger partial charge in [0.2, 0.25) is 22.9 Å². The van der Waals surface area contributed by atoms with Gasteiger partial charge in [0.15, 0.2) is 34.7 Å². The number of hydrogen-bond acceptors (Lipinski definition) is 23. The molecule has 4 aromatic carbocycles. The Balaban J connectivity index is 0.000000153. The molecule has 3 saturated carbocycles. The van der Waals surface area contributed by atoms with Crippen molar-refractivity contribution >= 4 is 28.7 Å². The van der Waals surface area contributed by atoms with Crippen molar-refractivity contribution in [2.24, 2.45) is 17.8 Å². The van der Waals surface area contributed by atoms with Crippen LogP contribution in [0.5, 0.6) is 17.2 Å². The van der Waals surface area contributed by atoms with E-state index in [1.165, 1.54) is 42.6 Å². The van der Waals surface area contributed by atoms with Crippen molar-refractivity contribution in [1.29, 1.82) is 0 Å². The summed E-state index contributed by atoms with van der Waals surface area (Å²) >= 11 is 0. The number of benzene rings is 4. The first-order chi connectivity index (χ1) is 65.1. The highest BCUT2D eigenvalue weighted by Gasteiger charge is 2.37. The minimum absolute atomic E-state index is 0.0444. The Morgan fingerprint density at radius 1 is 0.467 bits per heavy atom. The lowest BCUT2D eigenvalue weighted by atomic mass is 9.90. The molecule has 0 radical (unpaired) electrons. The number of ether oxygens (including phenoxy) is 3. The van der Waals surface area contributed by atoms with Crippen molar-refractivity contribution < 1.29 is 71.7 Å². The van der Waals surface area contributed by atoms with Gasteiger partial charge in [0.05, 0.1) is 105 Å². The first-order valence-corrected chi connectivity index (χ1v) is 46.7. The molecule has 16 rings (SSSR count). The van der Waals surface area contributed by atoms with Crippen LogP contribution < -0.4 is 41.5 Å². The van der Waals surface area contributed by atoms with Crippen molar-refractivity contribution in [1.82, 2.24) is 90.5 Å². The number of imide groups is 1. The monoisotopic (exact) mass is 1860 g/mol. The second-order valence-corrected chi connectivity index (χ2v) is 35.6. The summed E-state index contributed by atoms with van der Waals surface area (Å²) < 4.78 is 80.5. The Bertz CT molecular complexity index is 6130. The molecule has 135 heavy (non-hydrogen) atoms. The van der Waals surface area contributed by atoms with Crippen LogP contribution in [0.2, 0.25) is 0 Å². The summed E-state index contributed by atoms with van der Waals surface area (Å²) in [4.78, 5) is 80.8. The Morgan fingerprint density at radius 3 is 1.31 bits per heavy atom. The van der Waals surface area contributed by atoms with Crippen molar-refractivity contribution in [3.63, 3.8) is 0 Å². The molecule has 3 aliphatic carbocycles. The number of aromatic amines is 3. The van der Waals surface area contributed by atoms with Crippen molar-refractivity contribution in [2.75, 3.05) is 26.4 Å². The first kappa shape index (κ1) is 99.7. The molecule has 1 unspecified atom stereocenters. The number of carboxylic acids is 1. The van der Waals surface area contributed by atoms with Crippen LogP contribution in [-0.4, -0.2) is 156 Å². The van der Waals surface area contributed by atoms with Crippen LogP contribution in [0.3, 0.4) is 0 Å². The van der Waals surface area contributed by atoms with E-state index >= 15 is 0 Å². The zero-order chi connectivity index (χ0) is 95.7. The number of nitrogens with zero attached hydrogens (tertiary/aromatic N) is 13. The molecule has 12 aromatic rings. The largest absolute Gasteiger partial charge is 0.490 e. The molecule has 4 aliphatic rings. The average Bonchev–Trinajstić information content (AvgIpc) is 1.62. The van der Waals surface area contributed by atoms with Gasteiger partial charge in [-0.15, -0.1) is 20.4 Å². The number of aromatic carboxylic acids is 1. The zero-order valence-electron chi connectivity index (χ0n) is 76.6. The summed E-state index contributed by atoms with van der Waals surface area (Å²) in [6.07, 6.45) is 31.3.